The van der Waals surface area contributed by atoms with Crippen LogP contribution in [0.15, 0.2) is 0 Å². The summed E-state index contributed by atoms with van der Waals surface area (Å²) < 4.78 is 5.59. The molecular weight excluding hydrogens is 168 g/mol. The van der Waals surface area contributed by atoms with Crippen LogP contribution in [0, 0.1) is 11.3 Å². The molecule has 0 atom stereocenters. The van der Waals surface area contributed by atoms with Crippen molar-refractivity contribution in [3.63, 3.8) is 0 Å². The van der Waals surface area contributed by atoms with Crippen molar-refractivity contribution >= 4 is 12.6 Å². The molecule has 1 aliphatic carbocycles. The van der Waals surface area contributed by atoms with Crippen molar-refractivity contribution in [2.75, 3.05) is 19.0 Å². The molecule has 0 aliphatic heterocycles. The highest BCUT2D eigenvalue weighted by atomic mass is 32.1. The molecule has 0 aromatic carbocycles. The van der Waals surface area contributed by atoms with Gasteiger partial charge in [-0.25, -0.2) is 0 Å². The van der Waals surface area contributed by atoms with E-state index in [2.05, 4.69) is 26.5 Å². The Morgan fingerprint density at radius 1 is 1.42 bits per heavy atom. The fourth-order valence-electron chi connectivity index (χ4n) is 1.05. The first-order valence-corrected chi connectivity index (χ1v) is 5.46. The Hall–Kier alpha value is 0.310. The van der Waals surface area contributed by atoms with Crippen LogP contribution in [0.1, 0.15) is 33.1 Å². The monoisotopic (exact) mass is 188 g/mol. The molecule has 1 nitrogen and oxygen atoms in total. The first-order chi connectivity index (χ1) is 5.64. The van der Waals surface area contributed by atoms with E-state index in [0.717, 1.165) is 24.9 Å². The lowest BCUT2D eigenvalue weighted by molar-refractivity contribution is 0.0697. The molecule has 0 heterocycles. The van der Waals surface area contributed by atoms with Gasteiger partial charge in [-0.2, -0.15) is 12.6 Å². The van der Waals surface area contributed by atoms with Crippen molar-refractivity contribution in [1.82, 2.24) is 0 Å². The molecule has 2 heteroatoms. The summed E-state index contributed by atoms with van der Waals surface area (Å²) >= 11 is 4.28. The van der Waals surface area contributed by atoms with Gasteiger partial charge in [0.25, 0.3) is 0 Å². The lowest BCUT2D eigenvalue weighted by Crippen LogP contribution is -2.21. The van der Waals surface area contributed by atoms with E-state index in [-0.39, 0.29) is 5.41 Å². The molecule has 1 aliphatic rings. The summed E-state index contributed by atoms with van der Waals surface area (Å²) in [6.45, 7) is 6.18. The summed E-state index contributed by atoms with van der Waals surface area (Å²) in [7, 11) is 0. The van der Waals surface area contributed by atoms with Crippen LogP contribution in [0.4, 0.5) is 0 Å². The lowest BCUT2D eigenvalue weighted by atomic mass is 9.98. The SMILES string of the molecule is CC(C)(CS)COCCC1CC1. The zero-order chi connectivity index (χ0) is 9.03. The van der Waals surface area contributed by atoms with Gasteiger partial charge in [0.2, 0.25) is 0 Å². The van der Waals surface area contributed by atoms with Crippen LogP contribution in [0.5, 0.6) is 0 Å². The Bertz CT molecular complexity index is 130. The second-order valence-corrected chi connectivity index (χ2v) is 4.92. The van der Waals surface area contributed by atoms with Gasteiger partial charge >= 0.3 is 0 Å². The number of ether oxygens (including phenoxy) is 1. The van der Waals surface area contributed by atoms with Crippen LogP contribution in [-0.2, 0) is 4.74 Å². The van der Waals surface area contributed by atoms with Gasteiger partial charge < -0.3 is 4.74 Å². The van der Waals surface area contributed by atoms with Crippen molar-refractivity contribution in [3.05, 3.63) is 0 Å². The zero-order valence-corrected chi connectivity index (χ0v) is 9.07. The van der Waals surface area contributed by atoms with Crippen molar-refractivity contribution in [2.24, 2.45) is 11.3 Å². The van der Waals surface area contributed by atoms with Gasteiger partial charge in [0.1, 0.15) is 0 Å². The fourth-order valence-corrected chi connectivity index (χ4v) is 1.14. The summed E-state index contributed by atoms with van der Waals surface area (Å²) in [5.41, 5.74) is 0.243. The molecule has 0 spiro atoms. The minimum absolute atomic E-state index is 0.243. The molecule has 0 amide bonds. The normalized spacial score (nSPS) is 18.2. The van der Waals surface area contributed by atoms with Crippen LogP contribution in [0.3, 0.4) is 0 Å². The van der Waals surface area contributed by atoms with Crippen LogP contribution in [0.2, 0.25) is 0 Å². The van der Waals surface area contributed by atoms with Crippen molar-refractivity contribution < 1.29 is 4.74 Å². The minimum atomic E-state index is 0.243. The van der Waals surface area contributed by atoms with E-state index < -0.39 is 0 Å². The van der Waals surface area contributed by atoms with E-state index in [1.54, 1.807) is 0 Å². The third-order valence-corrected chi connectivity index (χ3v) is 3.14. The molecule has 72 valence electrons. The Morgan fingerprint density at radius 3 is 2.58 bits per heavy atom. The van der Waals surface area contributed by atoms with E-state index in [4.69, 9.17) is 4.74 Å². The van der Waals surface area contributed by atoms with Crippen LogP contribution < -0.4 is 0 Å². The Kier molecular flexibility index (Phi) is 3.91. The van der Waals surface area contributed by atoms with Crippen molar-refractivity contribution in [3.8, 4) is 0 Å². The maximum atomic E-state index is 5.59. The Labute approximate surface area is 81.3 Å². The van der Waals surface area contributed by atoms with Gasteiger partial charge in [-0.05, 0) is 23.5 Å². The van der Waals surface area contributed by atoms with Gasteiger partial charge in [-0.1, -0.05) is 26.7 Å². The highest BCUT2D eigenvalue weighted by Gasteiger charge is 2.21. The topological polar surface area (TPSA) is 9.23 Å². The largest absolute Gasteiger partial charge is 0.381 e. The molecule has 0 N–H and O–H groups in total. The maximum Gasteiger partial charge on any atom is 0.0524 e. The number of thiol groups is 1. The maximum absolute atomic E-state index is 5.59. The summed E-state index contributed by atoms with van der Waals surface area (Å²) in [5.74, 6) is 1.89. The second kappa shape index (κ2) is 4.52. The number of hydrogen-bond donors (Lipinski definition) is 1. The highest BCUT2D eigenvalue weighted by Crippen LogP contribution is 2.32. The molecule has 0 saturated heterocycles. The third-order valence-electron chi connectivity index (χ3n) is 2.29. The van der Waals surface area contributed by atoms with Crippen LogP contribution >= 0.6 is 12.6 Å². The molecular formula is C10H20OS. The predicted octanol–water partition coefficient (Wildman–Crippen LogP) is 2.76. The minimum Gasteiger partial charge on any atom is -0.381 e. The molecule has 12 heavy (non-hydrogen) atoms. The smallest absolute Gasteiger partial charge is 0.0524 e. The molecule has 0 bridgehead atoms. The standard InChI is InChI=1S/C10H20OS/c1-10(2,8-12)7-11-6-5-9-3-4-9/h9,12H,3-8H2,1-2H3. The van der Waals surface area contributed by atoms with Crippen LogP contribution in [0.25, 0.3) is 0 Å². The van der Waals surface area contributed by atoms with Gasteiger partial charge in [0.15, 0.2) is 0 Å². The predicted molar refractivity (Wildman–Crippen MR) is 55.8 cm³/mol. The first-order valence-electron chi connectivity index (χ1n) is 4.83. The second-order valence-electron chi connectivity index (χ2n) is 4.61. The molecule has 0 aromatic heterocycles. The lowest BCUT2D eigenvalue weighted by Gasteiger charge is -2.21. The quantitative estimate of drug-likeness (QED) is 0.498. The van der Waals surface area contributed by atoms with E-state index >= 15 is 0 Å². The molecule has 0 unspecified atom stereocenters. The zero-order valence-electron chi connectivity index (χ0n) is 8.18. The Morgan fingerprint density at radius 2 is 2.08 bits per heavy atom. The van der Waals surface area contributed by atoms with Gasteiger partial charge in [0.05, 0.1) is 6.61 Å². The summed E-state index contributed by atoms with van der Waals surface area (Å²) in [6, 6.07) is 0. The highest BCUT2D eigenvalue weighted by molar-refractivity contribution is 7.80. The molecule has 1 saturated carbocycles. The van der Waals surface area contributed by atoms with Gasteiger partial charge in [0, 0.05) is 6.61 Å². The number of rotatable bonds is 6. The van der Waals surface area contributed by atoms with E-state index in [0.29, 0.717) is 0 Å². The molecule has 0 aromatic rings. The average molecular weight is 188 g/mol. The van der Waals surface area contributed by atoms with E-state index in [9.17, 15) is 0 Å². The molecule has 1 rings (SSSR count). The Balaban J connectivity index is 1.92. The third kappa shape index (κ3) is 4.36. The van der Waals surface area contributed by atoms with Gasteiger partial charge in [-0.3, -0.25) is 0 Å². The fraction of sp³-hybridized carbons (Fsp3) is 1.00. The van der Waals surface area contributed by atoms with Crippen LogP contribution in [-0.4, -0.2) is 19.0 Å². The average Bonchev–Trinajstić information content (AvgIpc) is 2.82. The number of hydrogen-bond acceptors (Lipinski definition) is 2. The van der Waals surface area contributed by atoms with Crippen molar-refractivity contribution in [1.29, 1.82) is 0 Å². The summed E-state index contributed by atoms with van der Waals surface area (Å²) in [4.78, 5) is 0. The first kappa shape index (κ1) is 10.4. The van der Waals surface area contributed by atoms with Gasteiger partial charge in [-0.15, -0.1) is 0 Å². The van der Waals surface area contributed by atoms with E-state index in [1.807, 2.05) is 0 Å². The molecule has 1 fully saturated rings. The van der Waals surface area contributed by atoms with E-state index in [1.165, 1.54) is 19.3 Å². The summed E-state index contributed by atoms with van der Waals surface area (Å²) in [5, 5.41) is 0. The molecule has 0 radical (unpaired) electrons. The summed E-state index contributed by atoms with van der Waals surface area (Å²) in [6.07, 6.45) is 4.13. The van der Waals surface area contributed by atoms with Crippen molar-refractivity contribution in [2.45, 2.75) is 33.1 Å².